The molecule has 2 fully saturated rings. The second-order valence-corrected chi connectivity index (χ2v) is 10.3. The molecule has 2 aromatic heterocycles. The van der Waals surface area contributed by atoms with Crippen LogP contribution >= 0.6 is 38.9 Å². The maximum Gasteiger partial charge on any atom is 0.274 e. The van der Waals surface area contributed by atoms with Gasteiger partial charge in [0, 0.05) is 30.5 Å². The number of carbonyl (C=O) groups is 1. The van der Waals surface area contributed by atoms with Crippen LogP contribution in [-0.4, -0.2) is 44.9 Å². The van der Waals surface area contributed by atoms with E-state index in [1.807, 2.05) is 36.1 Å². The number of halogens is 2. The molecule has 1 N–H and O–H groups in total. The van der Waals surface area contributed by atoms with Crippen molar-refractivity contribution in [1.29, 1.82) is 0 Å². The Morgan fingerprint density at radius 1 is 1.37 bits per heavy atom. The van der Waals surface area contributed by atoms with Gasteiger partial charge in [-0.25, -0.2) is 15.0 Å². The van der Waals surface area contributed by atoms with Crippen LogP contribution in [0.15, 0.2) is 41.1 Å². The monoisotopic (exact) mass is 503 g/mol. The van der Waals surface area contributed by atoms with Crippen LogP contribution in [0.4, 0.5) is 5.95 Å². The summed E-state index contributed by atoms with van der Waals surface area (Å²) in [5.74, 6) is 1.68. The molecule has 1 aliphatic heterocycles. The lowest BCUT2D eigenvalue weighted by Crippen LogP contribution is -2.42. The van der Waals surface area contributed by atoms with Crippen molar-refractivity contribution in [2.24, 2.45) is 11.8 Å². The molecule has 1 saturated heterocycles. The Hall–Kier alpha value is -2.03. The molecule has 3 aromatic rings. The Morgan fingerprint density at radius 3 is 2.93 bits per heavy atom. The zero-order chi connectivity index (χ0) is 20.8. The molecular weight excluding hydrogens is 486 g/mol. The normalized spacial score (nSPS) is 22.1. The van der Waals surface area contributed by atoms with Crippen molar-refractivity contribution in [2.45, 2.75) is 19.4 Å². The van der Waals surface area contributed by atoms with Gasteiger partial charge in [-0.05, 0) is 58.8 Å². The molecule has 6 nitrogen and oxygen atoms in total. The van der Waals surface area contributed by atoms with Gasteiger partial charge < -0.3 is 10.2 Å². The number of hydrogen-bond acceptors (Lipinski definition) is 6. The summed E-state index contributed by atoms with van der Waals surface area (Å²) in [7, 11) is 0. The number of likely N-dealkylation sites (tertiary alicyclic amines) is 1. The summed E-state index contributed by atoms with van der Waals surface area (Å²) in [6.07, 6.45) is 4.60. The van der Waals surface area contributed by atoms with Crippen LogP contribution in [0.5, 0.6) is 0 Å². The average molecular weight is 505 g/mol. The number of carbonyl (C=O) groups excluding carboxylic acids is 1. The number of amides is 1. The van der Waals surface area contributed by atoms with E-state index in [0.29, 0.717) is 35.0 Å². The molecule has 0 spiro atoms. The van der Waals surface area contributed by atoms with Crippen LogP contribution in [0.2, 0.25) is 5.02 Å². The molecule has 1 aliphatic carbocycles. The predicted octanol–water partition coefficient (Wildman–Crippen LogP) is 4.90. The second kappa shape index (κ2) is 7.90. The summed E-state index contributed by atoms with van der Waals surface area (Å²) >= 11 is 11.1. The van der Waals surface area contributed by atoms with Crippen LogP contribution in [0.1, 0.15) is 21.9 Å². The number of nitrogens with zero attached hydrogens (tertiary/aromatic N) is 4. The summed E-state index contributed by atoms with van der Waals surface area (Å²) in [5, 5.41) is 4.81. The highest BCUT2D eigenvalue weighted by molar-refractivity contribution is 9.10. The number of benzene rings is 1. The van der Waals surface area contributed by atoms with E-state index in [0.717, 1.165) is 26.5 Å². The zero-order valence-electron chi connectivity index (χ0n) is 16.2. The second-order valence-electron chi connectivity index (χ2n) is 7.71. The van der Waals surface area contributed by atoms with Gasteiger partial charge in [0.1, 0.15) is 5.69 Å². The Kier molecular flexibility index (Phi) is 5.24. The third kappa shape index (κ3) is 3.84. The summed E-state index contributed by atoms with van der Waals surface area (Å²) in [6, 6.07) is 7.71. The Bertz CT molecular complexity index is 1110. The fraction of sp³-hybridized carbons (Fsp3) is 0.333. The highest BCUT2D eigenvalue weighted by Crippen LogP contribution is 2.50. The lowest BCUT2D eigenvalue weighted by Gasteiger charge is -2.27. The number of nitrogens with one attached hydrogen (secondary N) is 1. The zero-order valence-corrected chi connectivity index (χ0v) is 19.3. The number of thiazole rings is 1. The van der Waals surface area contributed by atoms with Crippen LogP contribution in [0.3, 0.4) is 0 Å². The third-order valence-corrected chi connectivity index (χ3v) is 7.34. The molecule has 2 aliphatic rings. The minimum atomic E-state index is -0.00921. The lowest BCUT2D eigenvalue weighted by atomic mass is 10.1. The first kappa shape index (κ1) is 19.9. The molecule has 0 unspecified atom stereocenters. The Morgan fingerprint density at radius 2 is 2.17 bits per heavy atom. The molecule has 9 heteroatoms. The highest BCUT2D eigenvalue weighted by Gasteiger charge is 2.54. The van der Waals surface area contributed by atoms with Gasteiger partial charge in [0.15, 0.2) is 0 Å². The van der Waals surface area contributed by atoms with Crippen LogP contribution in [0, 0.1) is 18.8 Å². The van der Waals surface area contributed by atoms with E-state index >= 15 is 0 Å². The molecule has 0 radical (unpaired) electrons. The third-order valence-electron chi connectivity index (χ3n) is 5.68. The number of rotatable bonds is 5. The average Bonchev–Trinajstić information content (AvgIpc) is 3.24. The van der Waals surface area contributed by atoms with E-state index in [1.165, 1.54) is 17.8 Å². The van der Waals surface area contributed by atoms with E-state index in [1.54, 1.807) is 12.4 Å². The fourth-order valence-corrected chi connectivity index (χ4v) is 5.50. The van der Waals surface area contributed by atoms with Gasteiger partial charge in [0.05, 0.1) is 20.4 Å². The SMILES string of the molecule is Cc1nc(C(=O)N2C[C@@H]3C[C@@H]3[C@H]2CNc2ncc(Br)cn2)c(-c2cccc(Cl)c2)s1. The van der Waals surface area contributed by atoms with Gasteiger partial charge in [-0.2, -0.15) is 0 Å². The standard InChI is InChI=1S/C21H19BrClN5OS/c1-11-27-18(19(30-11)12-3-2-4-15(23)5-12)20(29)28-10-13-6-16(13)17(28)9-26-21-24-7-14(22)8-25-21/h2-5,7-8,13,16-17H,6,9-10H2,1H3,(H,24,25,26)/t13-,16-,17+/m0/s1. The van der Waals surface area contributed by atoms with E-state index in [-0.39, 0.29) is 11.9 Å². The van der Waals surface area contributed by atoms with Gasteiger partial charge in [-0.1, -0.05) is 23.7 Å². The van der Waals surface area contributed by atoms with Crippen molar-refractivity contribution in [1.82, 2.24) is 19.9 Å². The number of anilines is 1. The van der Waals surface area contributed by atoms with Gasteiger partial charge in [0.2, 0.25) is 5.95 Å². The molecule has 1 aromatic carbocycles. The van der Waals surface area contributed by atoms with Crippen molar-refractivity contribution in [2.75, 3.05) is 18.4 Å². The van der Waals surface area contributed by atoms with Gasteiger partial charge >= 0.3 is 0 Å². The van der Waals surface area contributed by atoms with E-state index in [4.69, 9.17) is 11.6 Å². The number of piperidine rings is 1. The van der Waals surface area contributed by atoms with Crippen molar-refractivity contribution >= 4 is 50.7 Å². The van der Waals surface area contributed by atoms with Crippen LogP contribution < -0.4 is 5.32 Å². The van der Waals surface area contributed by atoms with Gasteiger partial charge in [-0.15, -0.1) is 11.3 Å². The minimum Gasteiger partial charge on any atom is -0.352 e. The number of hydrogen-bond donors (Lipinski definition) is 1. The van der Waals surface area contributed by atoms with Gasteiger partial charge in [0.25, 0.3) is 5.91 Å². The lowest BCUT2D eigenvalue weighted by molar-refractivity contribution is 0.0711. The minimum absolute atomic E-state index is 0.00921. The summed E-state index contributed by atoms with van der Waals surface area (Å²) < 4.78 is 0.834. The van der Waals surface area contributed by atoms with E-state index < -0.39 is 0 Å². The number of aryl methyl sites for hydroxylation is 1. The first-order valence-corrected chi connectivity index (χ1v) is 11.7. The fourth-order valence-electron chi connectivity index (χ4n) is 4.20. The number of aromatic nitrogens is 3. The van der Waals surface area contributed by atoms with Crippen LogP contribution in [0.25, 0.3) is 10.4 Å². The summed E-state index contributed by atoms with van der Waals surface area (Å²) in [5.41, 5.74) is 1.45. The first-order chi connectivity index (χ1) is 14.5. The smallest absolute Gasteiger partial charge is 0.274 e. The van der Waals surface area contributed by atoms with E-state index in [9.17, 15) is 4.79 Å². The maximum atomic E-state index is 13.5. The molecule has 1 amide bonds. The quantitative estimate of drug-likeness (QED) is 0.535. The Balaban J connectivity index is 1.38. The van der Waals surface area contributed by atoms with Crippen LogP contribution in [-0.2, 0) is 0 Å². The molecule has 30 heavy (non-hydrogen) atoms. The van der Waals surface area contributed by atoms with Crippen molar-refractivity contribution < 1.29 is 4.79 Å². The maximum absolute atomic E-state index is 13.5. The molecule has 5 rings (SSSR count). The van der Waals surface area contributed by atoms with Gasteiger partial charge in [-0.3, -0.25) is 4.79 Å². The molecule has 154 valence electrons. The Labute approximate surface area is 191 Å². The first-order valence-electron chi connectivity index (χ1n) is 9.75. The van der Waals surface area contributed by atoms with Crippen molar-refractivity contribution in [3.05, 3.63) is 56.9 Å². The highest BCUT2D eigenvalue weighted by atomic mass is 79.9. The summed E-state index contributed by atoms with van der Waals surface area (Å²) in [4.78, 5) is 29.5. The molecule has 0 bridgehead atoms. The molecular formula is C21H19BrClN5OS. The molecule has 3 heterocycles. The van der Waals surface area contributed by atoms with E-state index in [2.05, 4.69) is 36.2 Å². The largest absolute Gasteiger partial charge is 0.352 e. The molecule has 3 atom stereocenters. The number of fused-ring (bicyclic) bond motifs is 1. The topological polar surface area (TPSA) is 71.0 Å². The predicted molar refractivity (Wildman–Crippen MR) is 122 cm³/mol. The van der Waals surface area contributed by atoms with Crippen molar-refractivity contribution in [3.63, 3.8) is 0 Å². The molecule has 1 saturated carbocycles. The van der Waals surface area contributed by atoms with Crippen molar-refractivity contribution in [3.8, 4) is 10.4 Å². The summed E-state index contributed by atoms with van der Waals surface area (Å²) in [6.45, 7) is 3.34.